The Hall–Kier alpha value is -1.95. The van der Waals surface area contributed by atoms with Crippen LogP contribution < -0.4 is 11.2 Å². The third kappa shape index (κ3) is 2.16. The van der Waals surface area contributed by atoms with Crippen LogP contribution >= 0.6 is 11.3 Å². The van der Waals surface area contributed by atoms with Gasteiger partial charge in [0.15, 0.2) is 10.6 Å². The van der Waals surface area contributed by atoms with E-state index in [0.717, 1.165) is 42.1 Å². The Labute approximate surface area is 120 Å². The Kier molecular flexibility index (Phi) is 3.40. The predicted molar refractivity (Wildman–Crippen MR) is 77.5 cm³/mol. The van der Waals surface area contributed by atoms with Crippen LogP contribution in [0, 0.1) is 0 Å². The lowest BCUT2D eigenvalue weighted by Gasteiger charge is -2.14. The highest BCUT2D eigenvalue weighted by Crippen LogP contribution is 2.23. The first-order chi connectivity index (χ1) is 9.68. The van der Waals surface area contributed by atoms with Crippen molar-refractivity contribution in [2.75, 3.05) is 0 Å². The molecule has 2 N–H and O–H groups in total. The fraction of sp³-hybridized carbons (Fsp3) is 0.357. The summed E-state index contributed by atoms with van der Waals surface area (Å²) in [5, 5.41) is 2.64. The number of hydrogen-bond donors (Lipinski definition) is 1. The monoisotopic (exact) mass is 289 g/mol. The summed E-state index contributed by atoms with van der Waals surface area (Å²) in [5.74, 6) is -0.674. The number of primary amides is 1. The van der Waals surface area contributed by atoms with Gasteiger partial charge in [-0.3, -0.25) is 14.2 Å². The van der Waals surface area contributed by atoms with E-state index in [-0.39, 0.29) is 11.0 Å². The van der Waals surface area contributed by atoms with Crippen LogP contribution in [0.25, 0.3) is 5.13 Å². The van der Waals surface area contributed by atoms with Crippen LogP contribution in [0.5, 0.6) is 0 Å². The van der Waals surface area contributed by atoms with Crippen molar-refractivity contribution < 1.29 is 4.79 Å². The van der Waals surface area contributed by atoms with Gasteiger partial charge >= 0.3 is 0 Å². The first kappa shape index (κ1) is 13.1. The second-order valence-electron chi connectivity index (χ2n) is 4.91. The minimum Gasteiger partial charge on any atom is -0.365 e. The highest BCUT2D eigenvalue weighted by molar-refractivity contribution is 7.12. The molecule has 5 nitrogen and oxygen atoms in total. The van der Waals surface area contributed by atoms with Crippen LogP contribution in [-0.2, 0) is 12.8 Å². The third-order valence-corrected chi connectivity index (χ3v) is 4.42. The Morgan fingerprint density at radius 3 is 2.80 bits per heavy atom. The van der Waals surface area contributed by atoms with E-state index in [9.17, 15) is 9.59 Å². The molecule has 0 bridgehead atoms. The largest absolute Gasteiger partial charge is 0.365 e. The number of nitrogens with zero attached hydrogens (tertiary/aromatic N) is 2. The van der Waals surface area contributed by atoms with Crippen molar-refractivity contribution in [2.24, 2.45) is 5.73 Å². The summed E-state index contributed by atoms with van der Waals surface area (Å²) in [5.41, 5.74) is 6.90. The van der Waals surface area contributed by atoms with E-state index in [2.05, 4.69) is 4.98 Å². The zero-order valence-corrected chi connectivity index (χ0v) is 11.8. The number of aromatic nitrogens is 2. The predicted octanol–water partition coefficient (Wildman–Crippen LogP) is 1.66. The van der Waals surface area contributed by atoms with Gasteiger partial charge in [-0.2, -0.15) is 0 Å². The minimum atomic E-state index is -0.674. The van der Waals surface area contributed by atoms with Crippen LogP contribution in [0.3, 0.4) is 0 Å². The number of fused-ring (bicyclic) bond motifs is 1. The van der Waals surface area contributed by atoms with Crippen molar-refractivity contribution in [1.82, 2.24) is 9.55 Å². The Morgan fingerprint density at radius 1 is 1.30 bits per heavy atom. The van der Waals surface area contributed by atoms with Gasteiger partial charge in [-0.15, -0.1) is 11.3 Å². The molecule has 0 unspecified atom stereocenters. The fourth-order valence-electron chi connectivity index (χ4n) is 2.69. The number of amides is 1. The van der Waals surface area contributed by atoms with Gasteiger partial charge in [0, 0.05) is 29.0 Å². The van der Waals surface area contributed by atoms with E-state index in [0.29, 0.717) is 6.42 Å². The molecule has 3 rings (SSSR count). The summed E-state index contributed by atoms with van der Waals surface area (Å²) in [6.07, 6.45) is 7.93. The van der Waals surface area contributed by atoms with Gasteiger partial charge < -0.3 is 5.73 Å². The number of carbonyl (C=O) groups excluding carboxylic acids is 1. The van der Waals surface area contributed by atoms with Crippen LogP contribution in [0.1, 0.15) is 40.9 Å². The summed E-state index contributed by atoms with van der Waals surface area (Å²) in [6, 6.07) is 0. The maximum absolute atomic E-state index is 12.4. The van der Waals surface area contributed by atoms with Crippen LogP contribution in [0.4, 0.5) is 0 Å². The summed E-state index contributed by atoms with van der Waals surface area (Å²) < 4.78 is 1.87. The smallest absolute Gasteiger partial charge is 0.254 e. The molecule has 20 heavy (non-hydrogen) atoms. The van der Waals surface area contributed by atoms with Crippen LogP contribution in [0.15, 0.2) is 22.6 Å². The molecule has 6 heteroatoms. The molecule has 0 atom stereocenters. The molecule has 0 aliphatic heterocycles. The Bertz CT molecular complexity index is 704. The van der Waals surface area contributed by atoms with Gasteiger partial charge in [0.05, 0.1) is 0 Å². The standard InChI is InChI=1S/C14H15N3O2S/c15-13(19)10-8-17(14-16-6-7-20-14)11-5-3-1-2-4-9(11)12(10)18/h6-8H,1-5H2,(H2,15,19). The van der Waals surface area contributed by atoms with E-state index < -0.39 is 5.91 Å². The molecule has 0 saturated carbocycles. The third-order valence-electron chi connectivity index (χ3n) is 3.65. The quantitative estimate of drug-likeness (QED) is 0.854. The first-order valence-corrected chi connectivity index (χ1v) is 7.53. The van der Waals surface area contributed by atoms with Crippen molar-refractivity contribution in [3.63, 3.8) is 0 Å². The maximum atomic E-state index is 12.4. The van der Waals surface area contributed by atoms with Crippen molar-refractivity contribution >= 4 is 17.2 Å². The molecule has 1 aliphatic rings. The number of nitrogens with two attached hydrogens (primary N) is 1. The molecule has 0 saturated heterocycles. The van der Waals surface area contributed by atoms with Crippen LogP contribution in [-0.4, -0.2) is 15.5 Å². The summed E-state index contributed by atoms with van der Waals surface area (Å²) in [6.45, 7) is 0. The molecule has 0 radical (unpaired) electrons. The second kappa shape index (κ2) is 5.20. The Balaban J connectivity index is 2.30. The minimum absolute atomic E-state index is 0.0563. The van der Waals surface area contributed by atoms with E-state index >= 15 is 0 Å². The van der Waals surface area contributed by atoms with Gasteiger partial charge in [0.2, 0.25) is 0 Å². The highest BCUT2D eigenvalue weighted by atomic mass is 32.1. The lowest BCUT2D eigenvalue weighted by Crippen LogP contribution is -2.28. The van der Waals surface area contributed by atoms with Gasteiger partial charge in [0.25, 0.3) is 5.91 Å². The SMILES string of the molecule is NC(=O)c1cn(-c2nccs2)c2c(c1=O)CCCCC2. The van der Waals surface area contributed by atoms with E-state index in [1.54, 1.807) is 12.4 Å². The number of rotatable bonds is 2. The lowest BCUT2D eigenvalue weighted by molar-refractivity contribution is 0.0998. The first-order valence-electron chi connectivity index (χ1n) is 6.65. The van der Waals surface area contributed by atoms with Gasteiger partial charge in [-0.1, -0.05) is 6.42 Å². The Morgan fingerprint density at radius 2 is 2.10 bits per heavy atom. The molecular formula is C14H15N3O2S. The topological polar surface area (TPSA) is 78.0 Å². The molecule has 104 valence electrons. The normalized spacial score (nSPS) is 14.6. The maximum Gasteiger partial charge on any atom is 0.254 e. The van der Waals surface area contributed by atoms with E-state index in [1.165, 1.54) is 11.3 Å². The average molecular weight is 289 g/mol. The van der Waals surface area contributed by atoms with Gasteiger partial charge in [0.1, 0.15) is 5.56 Å². The van der Waals surface area contributed by atoms with Crippen molar-refractivity contribution in [2.45, 2.75) is 32.1 Å². The van der Waals surface area contributed by atoms with E-state index in [1.807, 2.05) is 9.95 Å². The molecule has 1 amide bonds. The number of carbonyl (C=O) groups is 1. The molecule has 2 aromatic rings. The zero-order valence-electron chi connectivity index (χ0n) is 11.0. The van der Waals surface area contributed by atoms with E-state index in [4.69, 9.17) is 5.73 Å². The van der Waals surface area contributed by atoms with Crippen molar-refractivity contribution in [1.29, 1.82) is 0 Å². The molecule has 0 fully saturated rings. The molecule has 2 aromatic heterocycles. The molecule has 0 aromatic carbocycles. The van der Waals surface area contributed by atoms with Gasteiger partial charge in [-0.25, -0.2) is 4.98 Å². The number of hydrogen-bond acceptors (Lipinski definition) is 4. The average Bonchev–Trinajstić information content (AvgIpc) is 2.83. The molecule has 0 spiro atoms. The van der Waals surface area contributed by atoms with Crippen molar-refractivity contribution in [3.05, 3.63) is 44.8 Å². The number of thiazole rings is 1. The molecule has 2 heterocycles. The van der Waals surface area contributed by atoms with Gasteiger partial charge in [-0.05, 0) is 25.7 Å². The number of pyridine rings is 1. The lowest BCUT2D eigenvalue weighted by atomic mass is 10.0. The fourth-order valence-corrected chi connectivity index (χ4v) is 3.33. The summed E-state index contributed by atoms with van der Waals surface area (Å²) in [7, 11) is 0. The summed E-state index contributed by atoms with van der Waals surface area (Å²) in [4.78, 5) is 28.2. The molecular weight excluding hydrogens is 274 g/mol. The summed E-state index contributed by atoms with van der Waals surface area (Å²) >= 11 is 1.48. The zero-order chi connectivity index (χ0) is 14.1. The molecule has 1 aliphatic carbocycles. The van der Waals surface area contributed by atoms with Crippen LogP contribution in [0.2, 0.25) is 0 Å². The second-order valence-corrected chi connectivity index (χ2v) is 5.78. The van der Waals surface area contributed by atoms with Crippen molar-refractivity contribution in [3.8, 4) is 5.13 Å². The highest BCUT2D eigenvalue weighted by Gasteiger charge is 2.21.